The zero-order chi connectivity index (χ0) is 13.5. The standard InChI is InChI=1S/C16H30N2O/c1-13-8-9-14(10-13)11-17-12-16(19)18-15-6-4-2-3-5-7-15/h13-15,17H,2-12H2,1H3,(H,18,19). The van der Waals surface area contributed by atoms with Gasteiger partial charge in [-0.2, -0.15) is 0 Å². The lowest BCUT2D eigenvalue weighted by Crippen LogP contribution is -2.41. The molecule has 2 unspecified atom stereocenters. The summed E-state index contributed by atoms with van der Waals surface area (Å²) in [6, 6.07) is 0.434. The molecule has 2 aliphatic rings. The Morgan fingerprint density at radius 3 is 2.42 bits per heavy atom. The van der Waals surface area contributed by atoms with Crippen LogP contribution in [0.25, 0.3) is 0 Å². The molecular formula is C16H30N2O. The molecule has 19 heavy (non-hydrogen) atoms. The first-order valence-corrected chi connectivity index (χ1v) is 8.24. The van der Waals surface area contributed by atoms with Crippen molar-refractivity contribution in [3.63, 3.8) is 0 Å². The number of hydrogen-bond acceptors (Lipinski definition) is 2. The van der Waals surface area contributed by atoms with Gasteiger partial charge < -0.3 is 10.6 Å². The van der Waals surface area contributed by atoms with E-state index in [1.807, 2.05) is 0 Å². The molecule has 0 aromatic carbocycles. The molecule has 2 aliphatic carbocycles. The molecule has 0 heterocycles. The second-order valence-electron chi connectivity index (χ2n) is 6.67. The lowest BCUT2D eigenvalue weighted by atomic mass is 10.1. The molecule has 0 bridgehead atoms. The number of carbonyl (C=O) groups is 1. The summed E-state index contributed by atoms with van der Waals surface area (Å²) in [5.41, 5.74) is 0. The zero-order valence-electron chi connectivity index (χ0n) is 12.4. The van der Waals surface area contributed by atoms with E-state index in [2.05, 4.69) is 17.6 Å². The van der Waals surface area contributed by atoms with Gasteiger partial charge in [0.1, 0.15) is 0 Å². The van der Waals surface area contributed by atoms with Crippen molar-refractivity contribution < 1.29 is 4.79 Å². The van der Waals surface area contributed by atoms with E-state index in [4.69, 9.17) is 0 Å². The summed E-state index contributed by atoms with van der Waals surface area (Å²) < 4.78 is 0. The molecule has 0 saturated heterocycles. The van der Waals surface area contributed by atoms with Crippen LogP contribution >= 0.6 is 0 Å². The first-order chi connectivity index (χ1) is 9.24. The largest absolute Gasteiger partial charge is 0.352 e. The van der Waals surface area contributed by atoms with Gasteiger partial charge in [0.25, 0.3) is 0 Å². The normalized spacial score (nSPS) is 29.1. The molecule has 2 rings (SSSR count). The van der Waals surface area contributed by atoms with E-state index in [1.165, 1.54) is 57.8 Å². The number of hydrogen-bond donors (Lipinski definition) is 2. The van der Waals surface area contributed by atoms with Crippen LogP contribution < -0.4 is 10.6 Å². The van der Waals surface area contributed by atoms with Crippen LogP contribution in [0.15, 0.2) is 0 Å². The van der Waals surface area contributed by atoms with Gasteiger partial charge in [-0.05, 0) is 44.1 Å². The second kappa shape index (κ2) is 7.88. The lowest BCUT2D eigenvalue weighted by molar-refractivity contribution is -0.121. The van der Waals surface area contributed by atoms with Crippen molar-refractivity contribution in [3.05, 3.63) is 0 Å². The molecular weight excluding hydrogens is 236 g/mol. The Morgan fingerprint density at radius 2 is 1.79 bits per heavy atom. The summed E-state index contributed by atoms with van der Waals surface area (Å²) in [7, 11) is 0. The highest BCUT2D eigenvalue weighted by Crippen LogP contribution is 2.29. The van der Waals surface area contributed by atoms with Crippen molar-refractivity contribution in [3.8, 4) is 0 Å². The van der Waals surface area contributed by atoms with Gasteiger partial charge in [-0.3, -0.25) is 4.79 Å². The highest BCUT2D eigenvalue weighted by molar-refractivity contribution is 5.78. The van der Waals surface area contributed by atoms with Crippen molar-refractivity contribution in [1.29, 1.82) is 0 Å². The van der Waals surface area contributed by atoms with E-state index in [-0.39, 0.29) is 5.91 Å². The van der Waals surface area contributed by atoms with Gasteiger partial charge in [0.05, 0.1) is 6.54 Å². The molecule has 3 heteroatoms. The maximum absolute atomic E-state index is 11.9. The average molecular weight is 266 g/mol. The summed E-state index contributed by atoms with van der Waals surface area (Å²) in [4.78, 5) is 11.9. The van der Waals surface area contributed by atoms with Crippen LogP contribution in [0.1, 0.15) is 64.7 Å². The summed E-state index contributed by atoms with van der Waals surface area (Å²) in [6.45, 7) is 3.85. The van der Waals surface area contributed by atoms with Crippen LogP contribution in [0.5, 0.6) is 0 Å². The fraction of sp³-hybridized carbons (Fsp3) is 0.938. The fourth-order valence-corrected chi connectivity index (χ4v) is 3.60. The van der Waals surface area contributed by atoms with E-state index in [0.717, 1.165) is 18.4 Å². The van der Waals surface area contributed by atoms with Gasteiger partial charge in [-0.1, -0.05) is 39.0 Å². The van der Waals surface area contributed by atoms with Crippen molar-refractivity contribution >= 4 is 5.91 Å². The molecule has 0 radical (unpaired) electrons. The SMILES string of the molecule is CC1CCC(CNCC(=O)NC2CCCCCC2)C1. The smallest absolute Gasteiger partial charge is 0.234 e. The zero-order valence-corrected chi connectivity index (χ0v) is 12.4. The average Bonchev–Trinajstić information content (AvgIpc) is 2.63. The summed E-state index contributed by atoms with van der Waals surface area (Å²) in [5.74, 6) is 1.87. The minimum Gasteiger partial charge on any atom is -0.352 e. The van der Waals surface area contributed by atoms with Crippen LogP contribution in [0.2, 0.25) is 0 Å². The maximum Gasteiger partial charge on any atom is 0.234 e. The molecule has 2 saturated carbocycles. The van der Waals surface area contributed by atoms with Crippen molar-refractivity contribution in [2.75, 3.05) is 13.1 Å². The molecule has 110 valence electrons. The minimum atomic E-state index is 0.193. The second-order valence-corrected chi connectivity index (χ2v) is 6.67. The van der Waals surface area contributed by atoms with E-state index >= 15 is 0 Å². The lowest BCUT2D eigenvalue weighted by Gasteiger charge is -2.17. The highest BCUT2D eigenvalue weighted by atomic mass is 16.1. The van der Waals surface area contributed by atoms with Gasteiger partial charge >= 0.3 is 0 Å². The Morgan fingerprint density at radius 1 is 1.05 bits per heavy atom. The Balaban J connectivity index is 1.56. The molecule has 0 aliphatic heterocycles. The molecule has 0 spiro atoms. The first-order valence-electron chi connectivity index (χ1n) is 8.24. The quantitative estimate of drug-likeness (QED) is 0.751. The van der Waals surface area contributed by atoms with Crippen molar-refractivity contribution in [2.24, 2.45) is 11.8 Å². The topological polar surface area (TPSA) is 41.1 Å². The third-order valence-corrected chi connectivity index (χ3v) is 4.74. The third kappa shape index (κ3) is 5.52. The number of nitrogens with one attached hydrogen (secondary N) is 2. The highest BCUT2D eigenvalue weighted by Gasteiger charge is 2.21. The molecule has 0 aromatic rings. The summed E-state index contributed by atoms with van der Waals surface area (Å²) >= 11 is 0. The minimum absolute atomic E-state index is 0.193. The molecule has 2 atom stereocenters. The Bertz CT molecular complexity index is 272. The van der Waals surface area contributed by atoms with E-state index < -0.39 is 0 Å². The Kier molecular flexibility index (Phi) is 6.15. The molecule has 0 aromatic heterocycles. The molecule has 2 fully saturated rings. The number of rotatable bonds is 5. The van der Waals surface area contributed by atoms with Crippen molar-refractivity contribution in [2.45, 2.75) is 70.8 Å². The van der Waals surface area contributed by atoms with Gasteiger partial charge in [-0.25, -0.2) is 0 Å². The first kappa shape index (κ1) is 14.8. The Labute approximate surface area is 117 Å². The van der Waals surface area contributed by atoms with Crippen molar-refractivity contribution in [1.82, 2.24) is 10.6 Å². The van der Waals surface area contributed by atoms with Crippen LogP contribution in [0.4, 0.5) is 0 Å². The van der Waals surface area contributed by atoms with Gasteiger partial charge in [0.2, 0.25) is 5.91 Å². The maximum atomic E-state index is 11.9. The van der Waals surface area contributed by atoms with E-state index in [0.29, 0.717) is 12.6 Å². The monoisotopic (exact) mass is 266 g/mol. The van der Waals surface area contributed by atoms with Gasteiger partial charge in [0, 0.05) is 6.04 Å². The van der Waals surface area contributed by atoms with Gasteiger partial charge in [0.15, 0.2) is 0 Å². The predicted molar refractivity (Wildman–Crippen MR) is 79.0 cm³/mol. The number of amides is 1. The predicted octanol–water partition coefficient (Wildman–Crippen LogP) is 2.85. The third-order valence-electron chi connectivity index (χ3n) is 4.74. The van der Waals surface area contributed by atoms with Crippen LogP contribution in [-0.4, -0.2) is 25.0 Å². The molecule has 3 nitrogen and oxygen atoms in total. The van der Waals surface area contributed by atoms with Crippen LogP contribution in [-0.2, 0) is 4.79 Å². The van der Waals surface area contributed by atoms with Crippen LogP contribution in [0.3, 0.4) is 0 Å². The molecule has 1 amide bonds. The fourth-order valence-electron chi connectivity index (χ4n) is 3.60. The Hall–Kier alpha value is -0.570. The number of carbonyl (C=O) groups excluding carboxylic acids is 1. The summed E-state index contributed by atoms with van der Waals surface area (Å²) in [5, 5.41) is 6.53. The van der Waals surface area contributed by atoms with Gasteiger partial charge in [-0.15, -0.1) is 0 Å². The molecule has 2 N–H and O–H groups in total. The van der Waals surface area contributed by atoms with Crippen LogP contribution in [0, 0.1) is 11.8 Å². The van der Waals surface area contributed by atoms with E-state index in [1.54, 1.807) is 0 Å². The summed E-state index contributed by atoms with van der Waals surface area (Å²) in [6.07, 6.45) is 11.6. The van der Waals surface area contributed by atoms with E-state index in [9.17, 15) is 4.79 Å².